The van der Waals surface area contributed by atoms with Crippen LogP contribution in [-0.4, -0.2) is 49.5 Å². The number of urea groups is 1. The lowest BCUT2D eigenvalue weighted by molar-refractivity contribution is 0.221. The van der Waals surface area contributed by atoms with Gasteiger partial charge in [-0.3, -0.25) is 15.2 Å². The van der Waals surface area contributed by atoms with Gasteiger partial charge in [-0.25, -0.2) is 9.18 Å². The second-order valence-corrected chi connectivity index (χ2v) is 5.65. The molecule has 1 aromatic carbocycles. The molecule has 0 radical (unpaired) electrons. The van der Waals surface area contributed by atoms with Crippen molar-refractivity contribution < 1.29 is 9.18 Å². The molecular weight excluding hydrogens is 271 g/mol. The molecule has 0 aliphatic carbocycles. The van der Waals surface area contributed by atoms with E-state index >= 15 is 0 Å². The van der Waals surface area contributed by atoms with Crippen LogP contribution in [-0.2, 0) is 0 Å². The summed E-state index contributed by atoms with van der Waals surface area (Å²) in [5.74, 6) is 0.343. The van der Waals surface area contributed by atoms with Crippen LogP contribution in [0.2, 0.25) is 0 Å². The summed E-state index contributed by atoms with van der Waals surface area (Å²) in [5.41, 5.74) is 0.0993. The molecule has 2 fully saturated rings. The number of likely N-dealkylation sites (tertiary alicyclic amines) is 1. The molecule has 21 heavy (non-hydrogen) atoms. The van der Waals surface area contributed by atoms with Gasteiger partial charge in [0, 0.05) is 25.8 Å². The summed E-state index contributed by atoms with van der Waals surface area (Å²) >= 11 is 0. The molecule has 1 spiro atoms. The third kappa shape index (κ3) is 2.19. The van der Waals surface area contributed by atoms with Crippen LogP contribution in [0.4, 0.5) is 14.9 Å². The number of nitrogens with one attached hydrogen (secondary N) is 1. The van der Waals surface area contributed by atoms with Crippen molar-refractivity contribution in [3.63, 3.8) is 0 Å². The number of benzene rings is 1. The molecule has 112 valence electrons. The van der Waals surface area contributed by atoms with E-state index < -0.39 is 5.54 Å². The van der Waals surface area contributed by atoms with Gasteiger partial charge in [0.15, 0.2) is 0 Å². The molecule has 0 atom stereocenters. The third-order valence-electron chi connectivity index (χ3n) is 4.40. The highest BCUT2D eigenvalue weighted by molar-refractivity contribution is 6.19. The second-order valence-electron chi connectivity index (χ2n) is 5.65. The maximum atomic E-state index is 13.5. The summed E-state index contributed by atoms with van der Waals surface area (Å²) in [4.78, 5) is 20.6. The van der Waals surface area contributed by atoms with Crippen molar-refractivity contribution in [2.24, 2.45) is 4.99 Å². The van der Waals surface area contributed by atoms with Crippen LogP contribution in [0.5, 0.6) is 0 Å². The van der Waals surface area contributed by atoms with Crippen LogP contribution in [0, 0.1) is 5.82 Å². The predicted octanol–water partition coefficient (Wildman–Crippen LogP) is 1.85. The van der Waals surface area contributed by atoms with E-state index in [2.05, 4.69) is 22.3 Å². The summed E-state index contributed by atoms with van der Waals surface area (Å²) in [6.07, 6.45) is 1.57. The summed E-state index contributed by atoms with van der Waals surface area (Å²) in [6, 6.07) is 5.94. The minimum absolute atomic E-state index is 0.231. The fourth-order valence-electron chi connectivity index (χ4n) is 3.27. The van der Waals surface area contributed by atoms with Crippen molar-refractivity contribution in [1.82, 2.24) is 10.2 Å². The van der Waals surface area contributed by atoms with Crippen LogP contribution >= 0.6 is 0 Å². The van der Waals surface area contributed by atoms with E-state index in [9.17, 15) is 9.18 Å². The molecule has 1 aromatic rings. The molecule has 0 aromatic heterocycles. The van der Waals surface area contributed by atoms with Crippen LogP contribution in [0.25, 0.3) is 0 Å². The van der Waals surface area contributed by atoms with Gasteiger partial charge in [-0.15, -0.1) is 0 Å². The number of carbonyl (C=O) groups is 1. The largest absolute Gasteiger partial charge is 0.328 e. The maximum Gasteiger partial charge on any atom is 0.328 e. The van der Waals surface area contributed by atoms with Gasteiger partial charge in [0.05, 0.1) is 0 Å². The van der Waals surface area contributed by atoms with Crippen LogP contribution < -0.4 is 10.2 Å². The smallest absolute Gasteiger partial charge is 0.306 e. The lowest BCUT2D eigenvalue weighted by atomic mass is 9.85. The SMILES string of the molecule is CN=C1NC(=O)N(c2cccc(F)c2)C12CCN(C)CC2. The average Bonchev–Trinajstić information content (AvgIpc) is 2.74. The van der Waals surface area contributed by atoms with Gasteiger partial charge in [-0.2, -0.15) is 0 Å². The number of rotatable bonds is 1. The van der Waals surface area contributed by atoms with Crippen LogP contribution in [0.15, 0.2) is 29.3 Å². The van der Waals surface area contributed by atoms with Gasteiger partial charge in [0.2, 0.25) is 0 Å². The number of nitrogens with zero attached hydrogens (tertiary/aromatic N) is 3. The summed E-state index contributed by atoms with van der Waals surface area (Å²) < 4.78 is 13.5. The zero-order valence-corrected chi connectivity index (χ0v) is 12.3. The standard InChI is InChI=1S/C15H19FN4O/c1-17-13-15(6-8-19(2)9-7-15)20(14(21)18-13)12-5-3-4-11(16)10-12/h3-5,10H,6-9H2,1-2H3,(H,17,18,21). The third-order valence-corrected chi connectivity index (χ3v) is 4.40. The first-order valence-electron chi connectivity index (χ1n) is 7.09. The quantitative estimate of drug-likeness (QED) is 0.858. The van der Waals surface area contributed by atoms with E-state index in [4.69, 9.17) is 0 Å². The van der Waals surface area contributed by atoms with Crippen molar-refractivity contribution in [2.75, 3.05) is 32.1 Å². The number of hydrogen-bond donors (Lipinski definition) is 1. The Labute approximate surface area is 123 Å². The van der Waals surface area contributed by atoms with E-state index in [-0.39, 0.29) is 11.8 Å². The van der Waals surface area contributed by atoms with Crippen molar-refractivity contribution >= 4 is 17.6 Å². The fraction of sp³-hybridized carbons (Fsp3) is 0.467. The fourth-order valence-corrected chi connectivity index (χ4v) is 3.27. The molecule has 2 aliphatic heterocycles. The van der Waals surface area contributed by atoms with Gasteiger partial charge in [-0.05, 0) is 38.1 Å². The molecule has 5 nitrogen and oxygen atoms in total. The lowest BCUT2D eigenvalue weighted by Gasteiger charge is -2.42. The second kappa shape index (κ2) is 5.11. The van der Waals surface area contributed by atoms with Crippen molar-refractivity contribution in [3.05, 3.63) is 30.1 Å². The van der Waals surface area contributed by atoms with Gasteiger partial charge in [-0.1, -0.05) is 6.07 Å². The Morgan fingerprint density at radius 3 is 2.67 bits per heavy atom. The zero-order chi connectivity index (χ0) is 15.0. The lowest BCUT2D eigenvalue weighted by Crippen LogP contribution is -2.56. The van der Waals surface area contributed by atoms with Gasteiger partial charge < -0.3 is 4.90 Å². The highest BCUT2D eigenvalue weighted by atomic mass is 19.1. The number of piperidine rings is 1. The normalized spacial score (nSPS) is 23.9. The minimum Gasteiger partial charge on any atom is -0.306 e. The highest BCUT2D eigenvalue weighted by Crippen LogP contribution is 2.37. The first kappa shape index (κ1) is 14.0. The highest BCUT2D eigenvalue weighted by Gasteiger charge is 2.52. The molecule has 0 unspecified atom stereocenters. The van der Waals surface area contributed by atoms with E-state index in [0.717, 1.165) is 25.9 Å². The number of anilines is 1. The molecule has 3 rings (SSSR count). The first-order valence-corrected chi connectivity index (χ1v) is 7.09. The van der Waals surface area contributed by atoms with Crippen molar-refractivity contribution in [3.8, 4) is 0 Å². The Hall–Kier alpha value is -1.95. The maximum absolute atomic E-state index is 13.5. The molecule has 1 N–H and O–H groups in total. The summed E-state index contributed by atoms with van der Waals surface area (Å²) in [6.45, 7) is 1.75. The Morgan fingerprint density at radius 1 is 1.33 bits per heavy atom. The van der Waals surface area contributed by atoms with E-state index in [1.165, 1.54) is 12.1 Å². The van der Waals surface area contributed by atoms with Crippen LogP contribution in [0.3, 0.4) is 0 Å². The number of amidine groups is 1. The number of carbonyl (C=O) groups excluding carboxylic acids is 1. The van der Waals surface area contributed by atoms with Gasteiger partial charge in [0.1, 0.15) is 17.2 Å². The predicted molar refractivity (Wildman–Crippen MR) is 80.2 cm³/mol. The van der Waals surface area contributed by atoms with Gasteiger partial charge >= 0.3 is 6.03 Å². The van der Waals surface area contributed by atoms with E-state index in [0.29, 0.717) is 11.5 Å². The Balaban J connectivity index is 2.06. The Kier molecular flexibility index (Phi) is 3.41. The Morgan fingerprint density at radius 2 is 2.05 bits per heavy atom. The summed E-state index contributed by atoms with van der Waals surface area (Å²) in [7, 11) is 3.75. The molecule has 6 heteroatoms. The summed E-state index contributed by atoms with van der Waals surface area (Å²) in [5, 5.41) is 2.84. The molecule has 2 saturated heterocycles. The van der Waals surface area contributed by atoms with E-state index in [1.807, 2.05) is 0 Å². The number of halogens is 1. The average molecular weight is 290 g/mol. The van der Waals surface area contributed by atoms with Crippen molar-refractivity contribution in [1.29, 1.82) is 0 Å². The van der Waals surface area contributed by atoms with Crippen LogP contribution in [0.1, 0.15) is 12.8 Å². The van der Waals surface area contributed by atoms with Gasteiger partial charge in [0.25, 0.3) is 0 Å². The number of amides is 2. The topological polar surface area (TPSA) is 47.9 Å². The molecule has 2 aliphatic rings. The van der Waals surface area contributed by atoms with Crippen molar-refractivity contribution in [2.45, 2.75) is 18.4 Å². The zero-order valence-electron chi connectivity index (χ0n) is 12.3. The number of hydrogen-bond acceptors (Lipinski definition) is 3. The molecule has 0 saturated carbocycles. The molecule has 0 bridgehead atoms. The Bertz CT molecular complexity index is 593. The number of aliphatic imine (C=N–C) groups is 1. The minimum atomic E-state index is -0.480. The molecule has 2 heterocycles. The first-order chi connectivity index (χ1) is 10.1. The molecule has 2 amide bonds. The van der Waals surface area contributed by atoms with E-state index in [1.54, 1.807) is 24.1 Å². The monoisotopic (exact) mass is 290 g/mol. The molecular formula is C15H19FN4O.